The molecule has 0 aromatic carbocycles. The zero-order valence-corrected chi connectivity index (χ0v) is 7.41. The highest BCUT2D eigenvalue weighted by molar-refractivity contribution is 9.11. The zero-order valence-electron chi connectivity index (χ0n) is 5.82. The standard InChI is InChI=1S/C8H4BrF3/c9-7-4-2-1-3-6(5-7)8(10,11)12/h2-5H. The number of alkyl halides is 3. The highest BCUT2D eigenvalue weighted by atomic mass is 79.9. The van der Waals surface area contributed by atoms with Gasteiger partial charge in [0.05, 0.1) is 5.57 Å². The number of allylic oxidation sites excluding steroid dienone is 5. The lowest BCUT2D eigenvalue weighted by Crippen LogP contribution is -2.09. The van der Waals surface area contributed by atoms with E-state index in [1.54, 1.807) is 0 Å². The van der Waals surface area contributed by atoms with Crippen molar-refractivity contribution in [3.63, 3.8) is 0 Å². The smallest absolute Gasteiger partial charge is 0.166 e. The molecule has 0 aromatic rings. The lowest BCUT2D eigenvalue weighted by molar-refractivity contribution is -0.0881. The van der Waals surface area contributed by atoms with Crippen LogP contribution < -0.4 is 0 Å². The second kappa shape index (κ2) is 3.33. The van der Waals surface area contributed by atoms with Gasteiger partial charge in [-0.1, -0.05) is 15.9 Å². The minimum atomic E-state index is -4.31. The van der Waals surface area contributed by atoms with Gasteiger partial charge in [0.1, 0.15) is 0 Å². The first-order valence-electron chi connectivity index (χ1n) is 3.07. The highest BCUT2D eigenvalue weighted by Crippen LogP contribution is 2.29. The molecule has 0 spiro atoms. The van der Waals surface area contributed by atoms with Crippen LogP contribution in [0.2, 0.25) is 0 Å². The fourth-order valence-electron chi connectivity index (χ4n) is 0.668. The average Bonchev–Trinajstić information content (AvgIpc) is 2.11. The van der Waals surface area contributed by atoms with Gasteiger partial charge in [-0.3, -0.25) is 0 Å². The number of rotatable bonds is 0. The van der Waals surface area contributed by atoms with Crippen molar-refractivity contribution in [3.8, 4) is 0 Å². The molecule has 12 heavy (non-hydrogen) atoms. The normalized spacial score (nSPS) is 17.0. The third kappa shape index (κ3) is 2.40. The van der Waals surface area contributed by atoms with Crippen molar-refractivity contribution in [2.75, 3.05) is 0 Å². The van der Waals surface area contributed by atoms with E-state index in [-0.39, 0.29) is 0 Å². The predicted octanol–water partition coefficient (Wildman–Crippen LogP) is 3.48. The van der Waals surface area contributed by atoms with Gasteiger partial charge < -0.3 is 0 Å². The molecule has 0 N–H and O–H groups in total. The molecule has 1 aliphatic rings. The van der Waals surface area contributed by atoms with E-state index in [1.807, 2.05) is 0 Å². The van der Waals surface area contributed by atoms with Crippen LogP contribution in [0.3, 0.4) is 0 Å². The largest absolute Gasteiger partial charge is 0.417 e. The lowest BCUT2D eigenvalue weighted by Gasteiger charge is -2.05. The molecule has 4 heteroatoms. The van der Waals surface area contributed by atoms with Gasteiger partial charge in [-0.25, -0.2) is 0 Å². The third-order valence-corrected chi connectivity index (χ3v) is 1.69. The Morgan fingerprint density at radius 1 is 1.33 bits per heavy atom. The molecule has 0 fully saturated rings. The Hall–Kier alpha value is -0.730. The number of hydrogen-bond donors (Lipinski definition) is 0. The van der Waals surface area contributed by atoms with Crippen molar-refractivity contribution in [2.24, 2.45) is 0 Å². The van der Waals surface area contributed by atoms with Gasteiger partial charge in [-0.15, -0.1) is 5.73 Å². The van der Waals surface area contributed by atoms with Crippen LogP contribution in [0.25, 0.3) is 0 Å². The fraction of sp³-hybridized carbons (Fsp3) is 0.125. The van der Waals surface area contributed by atoms with Gasteiger partial charge in [0.25, 0.3) is 0 Å². The van der Waals surface area contributed by atoms with Gasteiger partial charge in [-0.05, 0) is 24.3 Å². The summed E-state index contributed by atoms with van der Waals surface area (Å²) in [5.41, 5.74) is 1.68. The topological polar surface area (TPSA) is 0 Å². The van der Waals surface area contributed by atoms with Crippen molar-refractivity contribution < 1.29 is 13.2 Å². The van der Waals surface area contributed by atoms with Gasteiger partial charge in [-0.2, -0.15) is 13.2 Å². The molecule has 64 valence electrons. The summed E-state index contributed by atoms with van der Waals surface area (Å²) < 4.78 is 36.7. The first kappa shape index (κ1) is 9.36. The summed E-state index contributed by atoms with van der Waals surface area (Å²) >= 11 is 2.96. The Labute approximate surface area is 75.9 Å². The first-order valence-corrected chi connectivity index (χ1v) is 3.86. The molecule has 1 aliphatic carbocycles. The molecule has 0 heterocycles. The first-order chi connectivity index (χ1) is 5.50. The summed E-state index contributed by atoms with van der Waals surface area (Å²) in [7, 11) is 0. The summed E-state index contributed by atoms with van der Waals surface area (Å²) in [6.07, 6.45) is 0.522. The van der Waals surface area contributed by atoms with E-state index in [4.69, 9.17) is 0 Å². The van der Waals surface area contributed by atoms with Crippen LogP contribution in [0, 0.1) is 0 Å². The maximum Gasteiger partial charge on any atom is 0.417 e. The van der Waals surface area contributed by atoms with Gasteiger partial charge in [0, 0.05) is 4.48 Å². The molecule has 1 rings (SSSR count). The third-order valence-electron chi connectivity index (χ3n) is 1.20. The molecule has 0 amide bonds. The Balaban J connectivity index is 3.07. The maximum absolute atomic E-state index is 12.1. The Kier molecular flexibility index (Phi) is 2.60. The van der Waals surface area contributed by atoms with Crippen molar-refractivity contribution in [2.45, 2.75) is 6.18 Å². The van der Waals surface area contributed by atoms with Crippen LogP contribution in [0.5, 0.6) is 0 Å². The van der Waals surface area contributed by atoms with Gasteiger partial charge in [0.2, 0.25) is 0 Å². The predicted molar refractivity (Wildman–Crippen MR) is 43.8 cm³/mol. The van der Waals surface area contributed by atoms with E-state index >= 15 is 0 Å². The number of halogens is 4. The SMILES string of the molecule is FC(F)(F)C1=CC(Br)=CC=C=C1. The molecule has 0 radical (unpaired) electrons. The highest BCUT2D eigenvalue weighted by Gasteiger charge is 2.31. The Morgan fingerprint density at radius 3 is 2.58 bits per heavy atom. The van der Waals surface area contributed by atoms with Crippen molar-refractivity contribution in [3.05, 3.63) is 40.1 Å². The molecular weight excluding hydrogens is 233 g/mol. The van der Waals surface area contributed by atoms with Crippen LogP contribution in [-0.2, 0) is 0 Å². The summed E-state index contributed by atoms with van der Waals surface area (Å²) in [6, 6.07) is 0. The molecule has 0 nitrogen and oxygen atoms in total. The van der Waals surface area contributed by atoms with Crippen molar-refractivity contribution in [1.82, 2.24) is 0 Å². The van der Waals surface area contributed by atoms with E-state index in [2.05, 4.69) is 21.7 Å². The zero-order chi connectivity index (χ0) is 9.19. The molecule has 0 atom stereocenters. The van der Waals surface area contributed by atoms with Crippen LogP contribution in [0.1, 0.15) is 0 Å². The maximum atomic E-state index is 12.1. The second-order valence-electron chi connectivity index (χ2n) is 2.13. The Bertz CT molecular complexity index is 301. The molecule has 0 aliphatic heterocycles. The Morgan fingerprint density at radius 2 is 2.00 bits per heavy atom. The lowest BCUT2D eigenvalue weighted by atomic mass is 10.2. The summed E-state index contributed by atoms with van der Waals surface area (Å²) in [5.74, 6) is 0. The second-order valence-corrected chi connectivity index (χ2v) is 3.04. The van der Waals surface area contributed by atoms with Crippen molar-refractivity contribution >= 4 is 15.9 Å². The minimum Gasteiger partial charge on any atom is -0.166 e. The van der Waals surface area contributed by atoms with E-state index in [0.29, 0.717) is 4.48 Å². The molecule has 0 saturated heterocycles. The molecule has 0 saturated carbocycles. The van der Waals surface area contributed by atoms with Gasteiger partial charge in [0.15, 0.2) is 0 Å². The summed E-state index contributed by atoms with van der Waals surface area (Å²) in [5, 5.41) is 0. The summed E-state index contributed by atoms with van der Waals surface area (Å²) in [4.78, 5) is 0. The van der Waals surface area contributed by atoms with E-state index in [1.165, 1.54) is 12.2 Å². The van der Waals surface area contributed by atoms with Crippen molar-refractivity contribution in [1.29, 1.82) is 0 Å². The fourth-order valence-corrected chi connectivity index (χ4v) is 1.05. The number of hydrogen-bond acceptors (Lipinski definition) is 0. The van der Waals surface area contributed by atoms with Crippen LogP contribution in [0.4, 0.5) is 13.2 Å². The van der Waals surface area contributed by atoms with Crippen LogP contribution in [0.15, 0.2) is 40.1 Å². The van der Waals surface area contributed by atoms with E-state index < -0.39 is 11.7 Å². The average molecular weight is 237 g/mol. The summed E-state index contributed by atoms with van der Waals surface area (Å²) in [6.45, 7) is 0. The van der Waals surface area contributed by atoms with Gasteiger partial charge >= 0.3 is 6.18 Å². The molecule has 0 bridgehead atoms. The quantitative estimate of drug-likeness (QED) is 0.566. The molecule has 0 aromatic heterocycles. The molecule has 0 unspecified atom stereocenters. The van der Waals surface area contributed by atoms with E-state index in [9.17, 15) is 13.2 Å². The molecular formula is C8H4BrF3. The van der Waals surface area contributed by atoms with E-state index in [0.717, 1.165) is 12.2 Å². The minimum absolute atomic E-state index is 0.385. The van der Waals surface area contributed by atoms with Crippen LogP contribution in [-0.4, -0.2) is 6.18 Å². The van der Waals surface area contributed by atoms with Crippen LogP contribution >= 0.6 is 15.9 Å². The monoisotopic (exact) mass is 236 g/mol.